The number of likely N-dealkylation sites (N-methyl/N-ethyl adjacent to an activating group) is 1. The van der Waals surface area contributed by atoms with E-state index in [4.69, 9.17) is 0 Å². The molecular weight excluding hydrogens is 122 g/mol. The lowest BCUT2D eigenvalue weighted by Gasteiger charge is -2.11. The molecule has 0 atom stereocenters. The molecule has 0 heterocycles. The maximum atomic E-state index is 2.25. The van der Waals surface area contributed by atoms with Crippen LogP contribution in [0.1, 0.15) is 12.8 Å². The molecule has 0 amide bonds. The molecule has 0 aliphatic heterocycles. The molecule has 56 valence electrons. The lowest BCUT2D eigenvalue weighted by molar-refractivity contribution is -0.853. The Morgan fingerprint density at radius 1 is 1.50 bits per heavy atom. The van der Waals surface area contributed by atoms with Crippen LogP contribution >= 0.6 is 0 Å². The number of allylic oxidation sites excluding steroid dienone is 3. The molecule has 1 aliphatic carbocycles. The van der Waals surface area contributed by atoms with Gasteiger partial charge >= 0.3 is 0 Å². The van der Waals surface area contributed by atoms with Crippen molar-refractivity contribution in [3.05, 3.63) is 23.8 Å². The van der Waals surface area contributed by atoms with Gasteiger partial charge in [-0.25, -0.2) is 0 Å². The molecule has 0 unspecified atom stereocenters. The van der Waals surface area contributed by atoms with Gasteiger partial charge in [-0.2, -0.15) is 0 Å². The van der Waals surface area contributed by atoms with Crippen LogP contribution in [-0.4, -0.2) is 20.6 Å². The van der Waals surface area contributed by atoms with E-state index in [0.717, 1.165) is 0 Å². The van der Waals surface area contributed by atoms with Crippen LogP contribution in [0.4, 0.5) is 0 Å². The third kappa shape index (κ3) is 2.36. The third-order valence-electron chi connectivity index (χ3n) is 1.68. The maximum absolute atomic E-state index is 2.25. The van der Waals surface area contributed by atoms with Crippen molar-refractivity contribution in [2.24, 2.45) is 0 Å². The first-order chi connectivity index (χ1) is 4.79. The average molecular weight is 138 g/mol. The SMILES string of the molecule is C[NH+](C)CC1=CC=CCC1. The Hall–Kier alpha value is -0.560. The average Bonchev–Trinajstić information content (AvgIpc) is 1.88. The summed E-state index contributed by atoms with van der Waals surface area (Å²) >= 11 is 0. The van der Waals surface area contributed by atoms with E-state index < -0.39 is 0 Å². The Bertz CT molecular complexity index is 154. The Morgan fingerprint density at radius 2 is 2.30 bits per heavy atom. The number of nitrogens with one attached hydrogen (secondary N) is 1. The molecule has 1 nitrogen and oxygen atoms in total. The minimum Gasteiger partial charge on any atom is -0.336 e. The molecule has 1 heteroatoms. The first kappa shape index (κ1) is 7.55. The van der Waals surface area contributed by atoms with Gasteiger partial charge in [0, 0.05) is 0 Å². The fraction of sp³-hybridized carbons (Fsp3) is 0.556. The Kier molecular flexibility index (Phi) is 2.69. The van der Waals surface area contributed by atoms with Crippen molar-refractivity contribution in [3.8, 4) is 0 Å². The van der Waals surface area contributed by atoms with Gasteiger partial charge in [-0.3, -0.25) is 0 Å². The van der Waals surface area contributed by atoms with Crippen molar-refractivity contribution >= 4 is 0 Å². The van der Waals surface area contributed by atoms with Gasteiger partial charge in [0.1, 0.15) is 0 Å². The number of rotatable bonds is 2. The highest BCUT2D eigenvalue weighted by atomic mass is 15.0. The zero-order valence-electron chi connectivity index (χ0n) is 6.85. The van der Waals surface area contributed by atoms with Crippen LogP contribution in [0.3, 0.4) is 0 Å². The second-order valence-electron chi connectivity index (χ2n) is 3.18. The van der Waals surface area contributed by atoms with Gasteiger partial charge in [0.2, 0.25) is 0 Å². The van der Waals surface area contributed by atoms with Crippen LogP contribution in [0.25, 0.3) is 0 Å². The Labute approximate surface area is 63.0 Å². The van der Waals surface area contributed by atoms with Crippen molar-refractivity contribution < 1.29 is 4.90 Å². The molecule has 0 spiro atoms. The molecule has 0 bridgehead atoms. The van der Waals surface area contributed by atoms with E-state index in [1.807, 2.05) is 0 Å². The smallest absolute Gasteiger partial charge is 0.0986 e. The Morgan fingerprint density at radius 3 is 2.80 bits per heavy atom. The van der Waals surface area contributed by atoms with Crippen LogP contribution in [0.15, 0.2) is 23.8 Å². The van der Waals surface area contributed by atoms with Crippen molar-refractivity contribution in [2.45, 2.75) is 12.8 Å². The topological polar surface area (TPSA) is 4.44 Å². The van der Waals surface area contributed by atoms with E-state index in [0.29, 0.717) is 0 Å². The van der Waals surface area contributed by atoms with Gasteiger partial charge in [-0.15, -0.1) is 0 Å². The summed E-state index contributed by atoms with van der Waals surface area (Å²) in [6, 6.07) is 0. The molecule has 10 heavy (non-hydrogen) atoms. The van der Waals surface area contributed by atoms with Crippen LogP contribution in [0, 0.1) is 0 Å². The summed E-state index contributed by atoms with van der Waals surface area (Å²) in [5.41, 5.74) is 1.59. The standard InChI is InChI=1S/C9H15N/c1-10(2)8-9-6-4-3-5-7-9/h3-4,6H,5,7-8H2,1-2H3/p+1. The van der Waals surface area contributed by atoms with Gasteiger partial charge in [-0.1, -0.05) is 18.2 Å². The lowest BCUT2D eigenvalue weighted by atomic mass is 10.1. The van der Waals surface area contributed by atoms with Crippen LogP contribution in [-0.2, 0) is 0 Å². The van der Waals surface area contributed by atoms with Crippen molar-refractivity contribution in [1.82, 2.24) is 0 Å². The van der Waals surface area contributed by atoms with Crippen molar-refractivity contribution in [3.63, 3.8) is 0 Å². The highest BCUT2D eigenvalue weighted by molar-refractivity contribution is 5.17. The fourth-order valence-corrected chi connectivity index (χ4v) is 1.25. The summed E-state index contributed by atoms with van der Waals surface area (Å²) in [5.74, 6) is 0. The fourth-order valence-electron chi connectivity index (χ4n) is 1.25. The molecule has 0 saturated carbocycles. The summed E-state index contributed by atoms with van der Waals surface area (Å²) in [4.78, 5) is 1.52. The monoisotopic (exact) mass is 138 g/mol. The summed E-state index contributed by atoms with van der Waals surface area (Å²) < 4.78 is 0. The number of quaternary nitrogens is 1. The largest absolute Gasteiger partial charge is 0.336 e. The molecule has 1 rings (SSSR count). The maximum Gasteiger partial charge on any atom is 0.0986 e. The van der Waals surface area contributed by atoms with Crippen LogP contribution in [0.2, 0.25) is 0 Å². The molecule has 1 aliphatic rings. The van der Waals surface area contributed by atoms with Gasteiger partial charge in [0.25, 0.3) is 0 Å². The zero-order valence-corrected chi connectivity index (χ0v) is 6.85. The van der Waals surface area contributed by atoms with E-state index in [-0.39, 0.29) is 0 Å². The molecule has 0 aromatic carbocycles. The van der Waals surface area contributed by atoms with Gasteiger partial charge in [-0.05, 0) is 18.4 Å². The first-order valence-electron chi connectivity index (χ1n) is 3.92. The summed E-state index contributed by atoms with van der Waals surface area (Å²) in [5, 5.41) is 0. The normalized spacial score (nSPS) is 17.7. The van der Waals surface area contributed by atoms with Gasteiger partial charge < -0.3 is 4.90 Å². The molecule has 0 radical (unpaired) electrons. The molecule has 0 saturated heterocycles. The summed E-state index contributed by atoms with van der Waals surface area (Å²) in [6.45, 7) is 1.20. The van der Waals surface area contributed by atoms with Gasteiger partial charge in [0.05, 0.1) is 20.6 Å². The van der Waals surface area contributed by atoms with Crippen LogP contribution in [0.5, 0.6) is 0 Å². The molecule has 0 fully saturated rings. The third-order valence-corrected chi connectivity index (χ3v) is 1.68. The quantitative estimate of drug-likeness (QED) is 0.563. The van der Waals surface area contributed by atoms with Crippen molar-refractivity contribution in [2.75, 3.05) is 20.6 Å². The molecule has 1 N–H and O–H groups in total. The van der Waals surface area contributed by atoms with E-state index in [1.165, 1.54) is 24.3 Å². The van der Waals surface area contributed by atoms with E-state index in [2.05, 4.69) is 32.3 Å². The zero-order chi connectivity index (χ0) is 7.40. The Balaban J connectivity index is 2.39. The second kappa shape index (κ2) is 3.57. The van der Waals surface area contributed by atoms with E-state index in [9.17, 15) is 0 Å². The number of hydrogen-bond acceptors (Lipinski definition) is 0. The van der Waals surface area contributed by atoms with E-state index in [1.54, 1.807) is 5.57 Å². The highest BCUT2D eigenvalue weighted by Gasteiger charge is 2.02. The van der Waals surface area contributed by atoms with Crippen LogP contribution < -0.4 is 4.90 Å². The minimum atomic E-state index is 1.20. The molecule has 0 aromatic rings. The van der Waals surface area contributed by atoms with E-state index >= 15 is 0 Å². The summed E-state index contributed by atoms with van der Waals surface area (Å²) in [7, 11) is 4.39. The number of hydrogen-bond donors (Lipinski definition) is 1. The molecule has 0 aromatic heterocycles. The summed E-state index contributed by atoms with van der Waals surface area (Å²) in [6.07, 6.45) is 9.15. The minimum absolute atomic E-state index is 1.20. The lowest BCUT2D eigenvalue weighted by Crippen LogP contribution is -3.05. The predicted molar refractivity (Wildman–Crippen MR) is 44.1 cm³/mol. The first-order valence-corrected chi connectivity index (χ1v) is 3.92. The predicted octanol–water partition coefficient (Wildman–Crippen LogP) is 0.407. The highest BCUT2D eigenvalue weighted by Crippen LogP contribution is 2.08. The molecular formula is C9H16N+. The second-order valence-corrected chi connectivity index (χ2v) is 3.18. The van der Waals surface area contributed by atoms with Gasteiger partial charge in [0.15, 0.2) is 0 Å². The van der Waals surface area contributed by atoms with Crippen molar-refractivity contribution in [1.29, 1.82) is 0 Å².